The molecular weight excluding hydrogens is 271 g/mol. The molecule has 0 bridgehead atoms. The Kier molecular flexibility index (Phi) is 4.98. The summed E-state index contributed by atoms with van der Waals surface area (Å²) in [6.07, 6.45) is -4.45. The molecule has 1 atom stereocenters. The van der Waals surface area contributed by atoms with Crippen molar-refractivity contribution in [3.63, 3.8) is 0 Å². The number of carbonyl (C=O) groups is 1. The molecule has 0 saturated carbocycles. The van der Waals surface area contributed by atoms with Gasteiger partial charge in [-0.05, 0) is 24.1 Å². The van der Waals surface area contributed by atoms with Crippen LogP contribution < -0.4 is 5.73 Å². The number of nitrogens with two attached hydrogens (primary N) is 1. The van der Waals surface area contributed by atoms with Gasteiger partial charge in [-0.25, -0.2) is 0 Å². The van der Waals surface area contributed by atoms with E-state index in [-0.39, 0.29) is 6.42 Å². The number of benzene rings is 1. The minimum Gasteiger partial charge on any atom is -0.455 e. The third kappa shape index (κ3) is 5.37. The molecular formula is C11H11ClF3NO2. The minimum absolute atomic E-state index is 0.0911. The van der Waals surface area contributed by atoms with Crippen LogP contribution in [0.4, 0.5) is 13.2 Å². The van der Waals surface area contributed by atoms with Gasteiger partial charge in [0.1, 0.15) is 6.04 Å². The summed E-state index contributed by atoms with van der Waals surface area (Å²) in [5, 5.41) is 0.520. The van der Waals surface area contributed by atoms with Crippen molar-refractivity contribution in [2.24, 2.45) is 5.73 Å². The van der Waals surface area contributed by atoms with Gasteiger partial charge >= 0.3 is 12.1 Å². The first-order valence-corrected chi connectivity index (χ1v) is 5.39. The van der Waals surface area contributed by atoms with E-state index >= 15 is 0 Å². The molecule has 1 aromatic carbocycles. The molecule has 0 heterocycles. The molecule has 100 valence electrons. The molecule has 7 heteroatoms. The summed E-state index contributed by atoms with van der Waals surface area (Å²) in [6, 6.07) is 5.35. The lowest BCUT2D eigenvalue weighted by Gasteiger charge is -2.12. The quantitative estimate of drug-likeness (QED) is 0.862. The highest BCUT2D eigenvalue weighted by Crippen LogP contribution is 2.15. The first-order valence-electron chi connectivity index (χ1n) is 5.01. The maximum absolute atomic E-state index is 11.8. The minimum atomic E-state index is -4.55. The van der Waals surface area contributed by atoms with Gasteiger partial charge in [-0.3, -0.25) is 4.79 Å². The Labute approximate surface area is 107 Å². The smallest absolute Gasteiger partial charge is 0.422 e. The van der Waals surface area contributed by atoms with Gasteiger partial charge in [0.05, 0.1) is 0 Å². The van der Waals surface area contributed by atoms with Gasteiger partial charge < -0.3 is 10.5 Å². The maximum Gasteiger partial charge on any atom is 0.422 e. The van der Waals surface area contributed by atoms with E-state index in [0.717, 1.165) is 0 Å². The van der Waals surface area contributed by atoms with Crippen LogP contribution >= 0.6 is 11.6 Å². The molecule has 0 amide bonds. The van der Waals surface area contributed by atoms with Gasteiger partial charge in [0.2, 0.25) is 0 Å². The highest BCUT2D eigenvalue weighted by atomic mass is 35.5. The standard InChI is InChI=1S/C11H11ClF3NO2/c12-8-3-1-7(2-4-8)5-9(16)10(17)18-6-11(13,14)15/h1-4,9H,5-6,16H2/t9-/m0/s1. The van der Waals surface area contributed by atoms with Crippen LogP contribution in [0.15, 0.2) is 24.3 Å². The molecule has 0 aliphatic rings. The molecule has 0 aromatic heterocycles. The Morgan fingerprint density at radius 1 is 1.33 bits per heavy atom. The highest BCUT2D eigenvalue weighted by molar-refractivity contribution is 6.30. The van der Waals surface area contributed by atoms with E-state index in [0.29, 0.717) is 10.6 Å². The highest BCUT2D eigenvalue weighted by Gasteiger charge is 2.30. The Bertz CT molecular complexity index is 406. The summed E-state index contributed by atoms with van der Waals surface area (Å²) in [6.45, 7) is -1.62. The van der Waals surface area contributed by atoms with Crippen LogP contribution in [0.1, 0.15) is 5.56 Å². The number of hydrogen-bond acceptors (Lipinski definition) is 3. The maximum atomic E-state index is 11.8. The van der Waals surface area contributed by atoms with Crippen LogP contribution in [0.2, 0.25) is 5.02 Å². The predicted molar refractivity (Wildman–Crippen MR) is 60.1 cm³/mol. The van der Waals surface area contributed by atoms with Crippen LogP contribution in [-0.4, -0.2) is 24.8 Å². The second kappa shape index (κ2) is 6.06. The zero-order valence-electron chi connectivity index (χ0n) is 9.21. The number of hydrogen-bond donors (Lipinski definition) is 1. The third-order valence-corrected chi connectivity index (χ3v) is 2.30. The number of carbonyl (C=O) groups excluding carboxylic acids is 1. The molecule has 18 heavy (non-hydrogen) atoms. The van der Waals surface area contributed by atoms with Crippen molar-refractivity contribution >= 4 is 17.6 Å². The summed E-state index contributed by atoms with van der Waals surface area (Å²) < 4.78 is 39.5. The van der Waals surface area contributed by atoms with E-state index in [1.807, 2.05) is 0 Å². The number of rotatable bonds is 4. The summed E-state index contributed by atoms with van der Waals surface area (Å²) in [4.78, 5) is 11.2. The molecule has 0 unspecified atom stereocenters. The van der Waals surface area contributed by atoms with Gasteiger partial charge in [0, 0.05) is 5.02 Å². The molecule has 0 fully saturated rings. The van der Waals surface area contributed by atoms with Crippen LogP contribution in [0.5, 0.6) is 0 Å². The second-order valence-electron chi connectivity index (χ2n) is 3.66. The van der Waals surface area contributed by atoms with E-state index < -0.39 is 24.8 Å². The van der Waals surface area contributed by atoms with E-state index in [4.69, 9.17) is 17.3 Å². The van der Waals surface area contributed by atoms with E-state index in [9.17, 15) is 18.0 Å². The van der Waals surface area contributed by atoms with Crippen molar-refractivity contribution in [2.45, 2.75) is 18.6 Å². The molecule has 0 saturated heterocycles. The summed E-state index contributed by atoms with van der Waals surface area (Å²) in [5.74, 6) is -1.08. The molecule has 0 radical (unpaired) electrons. The van der Waals surface area contributed by atoms with Crippen LogP contribution in [-0.2, 0) is 16.0 Å². The number of halogens is 4. The largest absolute Gasteiger partial charge is 0.455 e. The van der Waals surface area contributed by atoms with E-state index in [1.165, 1.54) is 0 Å². The monoisotopic (exact) mass is 281 g/mol. The molecule has 1 aromatic rings. The first-order chi connectivity index (χ1) is 8.28. The fourth-order valence-corrected chi connectivity index (χ4v) is 1.34. The van der Waals surface area contributed by atoms with Crippen molar-refractivity contribution in [2.75, 3.05) is 6.61 Å². The fourth-order valence-electron chi connectivity index (χ4n) is 1.22. The summed E-state index contributed by atoms with van der Waals surface area (Å²) >= 11 is 5.66. The van der Waals surface area contributed by atoms with Gasteiger partial charge in [-0.15, -0.1) is 0 Å². The first kappa shape index (κ1) is 14.8. The normalized spacial score (nSPS) is 13.2. The Morgan fingerprint density at radius 3 is 2.39 bits per heavy atom. The van der Waals surface area contributed by atoms with Gasteiger partial charge in [0.25, 0.3) is 0 Å². The average molecular weight is 282 g/mol. The topological polar surface area (TPSA) is 52.3 Å². The van der Waals surface area contributed by atoms with E-state index in [1.54, 1.807) is 24.3 Å². The van der Waals surface area contributed by atoms with Crippen LogP contribution in [0.3, 0.4) is 0 Å². The molecule has 1 rings (SSSR count). The predicted octanol–water partition coefficient (Wildman–Crippen LogP) is 2.32. The van der Waals surface area contributed by atoms with Crippen LogP contribution in [0, 0.1) is 0 Å². The lowest BCUT2D eigenvalue weighted by atomic mass is 10.1. The summed E-state index contributed by atoms with van der Waals surface area (Å²) in [7, 11) is 0. The van der Waals surface area contributed by atoms with Crippen LogP contribution in [0.25, 0.3) is 0 Å². The fraction of sp³-hybridized carbons (Fsp3) is 0.364. The lowest BCUT2D eigenvalue weighted by molar-refractivity contribution is -0.187. The molecule has 3 nitrogen and oxygen atoms in total. The van der Waals surface area contributed by atoms with Gasteiger partial charge in [0.15, 0.2) is 6.61 Å². The Hall–Kier alpha value is -1.27. The molecule has 0 aliphatic heterocycles. The van der Waals surface area contributed by atoms with Gasteiger partial charge in [-0.2, -0.15) is 13.2 Å². The average Bonchev–Trinajstić information content (AvgIpc) is 2.28. The molecule has 0 aliphatic carbocycles. The van der Waals surface area contributed by atoms with Crippen molar-refractivity contribution < 1.29 is 22.7 Å². The van der Waals surface area contributed by atoms with Crippen molar-refractivity contribution in [3.8, 4) is 0 Å². The summed E-state index contributed by atoms with van der Waals surface area (Å²) in [5.41, 5.74) is 6.13. The molecule has 2 N–H and O–H groups in total. The van der Waals surface area contributed by atoms with Crippen molar-refractivity contribution in [3.05, 3.63) is 34.9 Å². The number of esters is 1. The third-order valence-electron chi connectivity index (χ3n) is 2.05. The van der Waals surface area contributed by atoms with Gasteiger partial charge in [-0.1, -0.05) is 23.7 Å². The zero-order chi connectivity index (χ0) is 13.8. The lowest BCUT2D eigenvalue weighted by Crippen LogP contribution is -2.36. The Balaban J connectivity index is 2.47. The zero-order valence-corrected chi connectivity index (χ0v) is 9.96. The van der Waals surface area contributed by atoms with Crippen molar-refractivity contribution in [1.29, 1.82) is 0 Å². The number of alkyl halides is 3. The van der Waals surface area contributed by atoms with E-state index in [2.05, 4.69) is 4.74 Å². The Morgan fingerprint density at radius 2 is 1.89 bits per heavy atom. The SMILES string of the molecule is N[C@@H](Cc1ccc(Cl)cc1)C(=O)OCC(F)(F)F. The number of ether oxygens (including phenoxy) is 1. The molecule has 0 spiro atoms. The second-order valence-corrected chi connectivity index (χ2v) is 4.10. The van der Waals surface area contributed by atoms with Crippen molar-refractivity contribution in [1.82, 2.24) is 0 Å².